The molecular weight excluding hydrogens is 306 g/mol. The smallest absolute Gasteiger partial charge is 0.266 e. The maximum atomic E-state index is 12.6. The molecule has 5 nitrogen and oxygen atoms in total. The van der Waals surface area contributed by atoms with Crippen molar-refractivity contribution in [2.45, 2.75) is 31.2 Å². The van der Waals surface area contributed by atoms with Crippen LogP contribution in [-0.4, -0.2) is 45.9 Å². The minimum absolute atomic E-state index is 0.187. The van der Waals surface area contributed by atoms with Crippen LogP contribution < -0.4 is 4.74 Å². The number of aliphatic hydroxyl groups is 2. The molecule has 2 aromatic rings. The molecule has 0 spiro atoms. The molecule has 1 saturated heterocycles. The molecule has 1 aliphatic rings. The fraction of sp³-hybridized carbons (Fsp3) is 0.316. The molecule has 3 rings (SSSR count). The van der Waals surface area contributed by atoms with E-state index in [0.717, 1.165) is 5.56 Å². The number of carbonyl (C=O) groups is 1. The number of para-hydroxylation sites is 1. The number of rotatable bonds is 6. The number of likely N-dealkylation sites (tertiary alicyclic amines) is 1. The fourth-order valence-corrected chi connectivity index (χ4v) is 3.11. The van der Waals surface area contributed by atoms with Crippen molar-refractivity contribution in [3.05, 3.63) is 66.2 Å². The first-order valence-electron chi connectivity index (χ1n) is 8.01. The first-order valence-corrected chi connectivity index (χ1v) is 8.01. The van der Waals surface area contributed by atoms with Crippen LogP contribution in [0.5, 0.6) is 5.75 Å². The second-order valence-corrected chi connectivity index (χ2v) is 5.92. The lowest BCUT2D eigenvalue weighted by atomic mass is 9.88. The van der Waals surface area contributed by atoms with Gasteiger partial charge in [0.25, 0.3) is 5.91 Å². The molecule has 1 amide bonds. The van der Waals surface area contributed by atoms with Gasteiger partial charge in [-0.2, -0.15) is 0 Å². The van der Waals surface area contributed by atoms with Crippen molar-refractivity contribution < 1.29 is 19.7 Å². The van der Waals surface area contributed by atoms with Crippen LogP contribution in [0.4, 0.5) is 0 Å². The van der Waals surface area contributed by atoms with E-state index in [9.17, 15) is 15.0 Å². The highest BCUT2D eigenvalue weighted by molar-refractivity contribution is 5.89. The zero-order chi connectivity index (χ0) is 17.1. The Bertz CT molecular complexity index is 676. The third-order valence-corrected chi connectivity index (χ3v) is 4.42. The molecular formula is C19H21NO4. The van der Waals surface area contributed by atoms with E-state index in [0.29, 0.717) is 5.75 Å². The van der Waals surface area contributed by atoms with Gasteiger partial charge in [0, 0.05) is 0 Å². The van der Waals surface area contributed by atoms with Crippen molar-refractivity contribution >= 4 is 5.91 Å². The van der Waals surface area contributed by atoms with E-state index in [4.69, 9.17) is 4.74 Å². The van der Waals surface area contributed by atoms with Crippen molar-refractivity contribution in [2.24, 2.45) is 0 Å². The first-order chi connectivity index (χ1) is 11.6. The standard InChI is InChI=1S/C19H21NO4/c1-13(14-8-4-2-5-9-14)20-17(16(22)12-21)18(19(20)23)24-15-10-6-3-7-11-15/h2-11,13,16-18,21-22H,12H2,1H3/t13-,16-,17+,18-/m0/s1. The highest BCUT2D eigenvalue weighted by Gasteiger charge is 2.54. The van der Waals surface area contributed by atoms with E-state index in [-0.39, 0.29) is 11.9 Å². The third kappa shape index (κ3) is 3.00. The number of aliphatic hydroxyl groups excluding tert-OH is 2. The minimum atomic E-state index is -1.05. The van der Waals surface area contributed by atoms with E-state index < -0.39 is 24.9 Å². The Balaban J connectivity index is 1.81. The van der Waals surface area contributed by atoms with Gasteiger partial charge in [-0.05, 0) is 24.6 Å². The van der Waals surface area contributed by atoms with Crippen LogP contribution in [-0.2, 0) is 4.79 Å². The topological polar surface area (TPSA) is 70.0 Å². The van der Waals surface area contributed by atoms with Crippen LogP contribution in [0.2, 0.25) is 0 Å². The zero-order valence-electron chi connectivity index (χ0n) is 13.4. The Kier molecular flexibility index (Phi) is 4.83. The van der Waals surface area contributed by atoms with Crippen LogP contribution in [0.25, 0.3) is 0 Å². The summed E-state index contributed by atoms with van der Waals surface area (Å²) in [6.07, 6.45) is -1.84. The number of hydrogen-bond donors (Lipinski definition) is 2. The van der Waals surface area contributed by atoms with Crippen molar-refractivity contribution in [3.8, 4) is 5.75 Å². The Morgan fingerprint density at radius 3 is 2.25 bits per heavy atom. The predicted octanol–water partition coefficient (Wildman–Crippen LogP) is 1.76. The molecule has 0 saturated carbocycles. The molecule has 1 aliphatic heterocycles. The van der Waals surface area contributed by atoms with Gasteiger partial charge in [0.15, 0.2) is 6.10 Å². The summed E-state index contributed by atoms with van der Waals surface area (Å²) in [4.78, 5) is 14.2. The van der Waals surface area contributed by atoms with Crippen LogP contribution in [0.3, 0.4) is 0 Å². The molecule has 24 heavy (non-hydrogen) atoms. The summed E-state index contributed by atoms with van der Waals surface area (Å²) in [7, 11) is 0. The van der Waals surface area contributed by atoms with Crippen LogP contribution in [0, 0.1) is 0 Å². The molecule has 0 bridgehead atoms. The maximum absolute atomic E-state index is 12.6. The van der Waals surface area contributed by atoms with Gasteiger partial charge in [-0.25, -0.2) is 0 Å². The molecule has 0 radical (unpaired) electrons. The van der Waals surface area contributed by atoms with Gasteiger partial charge < -0.3 is 19.8 Å². The fourth-order valence-electron chi connectivity index (χ4n) is 3.11. The predicted molar refractivity (Wildman–Crippen MR) is 89.4 cm³/mol. The molecule has 4 atom stereocenters. The molecule has 2 N–H and O–H groups in total. The van der Waals surface area contributed by atoms with E-state index in [1.807, 2.05) is 55.5 Å². The van der Waals surface area contributed by atoms with Gasteiger partial charge >= 0.3 is 0 Å². The van der Waals surface area contributed by atoms with Gasteiger partial charge in [0.2, 0.25) is 0 Å². The molecule has 2 aromatic carbocycles. The summed E-state index contributed by atoms with van der Waals surface area (Å²) in [5, 5.41) is 19.6. The van der Waals surface area contributed by atoms with Crippen molar-refractivity contribution in [2.75, 3.05) is 6.61 Å². The lowest BCUT2D eigenvalue weighted by molar-refractivity contribution is -0.180. The van der Waals surface area contributed by atoms with Crippen LogP contribution in [0.1, 0.15) is 18.5 Å². The number of β-lactam (4-membered cyclic amide) rings is 1. The third-order valence-electron chi connectivity index (χ3n) is 4.42. The lowest BCUT2D eigenvalue weighted by Gasteiger charge is -2.51. The average Bonchev–Trinajstić information content (AvgIpc) is 2.64. The Labute approximate surface area is 141 Å². The van der Waals surface area contributed by atoms with Gasteiger partial charge in [-0.15, -0.1) is 0 Å². The summed E-state index contributed by atoms with van der Waals surface area (Å²) in [6, 6.07) is 17.8. The Morgan fingerprint density at radius 2 is 1.67 bits per heavy atom. The van der Waals surface area contributed by atoms with Crippen molar-refractivity contribution in [1.29, 1.82) is 0 Å². The molecule has 0 aromatic heterocycles. The van der Waals surface area contributed by atoms with Crippen molar-refractivity contribution in [1.82, 2.24) is 4.90 Å². The SMILES string of the molecule is C[C@@H](c1ccccc1)N1C(=O)[C@@H](Oc2ccccc2)[C@H]1[C@@H](O)CO. The summed E-state index contributed by atoms with van der Waals surface area (Å²) >= 11 is 0. The molecule has 0 unspecified atom stereocenters. The second kappa shape index (κ2) is 7.03. The Morgan fingerprint density at radius 1 is 1.08 bits per heavy atom. The minimum Gasteiger partial charge on any atom is -0.478 e. The lowest BCUT2D eigenvalue weighted by Crippen LogP contribution is -2.71. The molecule has 0 aliphatic carbocycles. The highest BCUT2D eigenvalue weighted by Crippen LogP contribution is 2.35. The van der Waals surface area contributed by atoms with Crippen LogP contribution in [0.15, 0.2) is 60.7 Å². The zero-order valence-corrected chi connectivity index (χ0v) is 13.4. The summed E-state index contributed by atoms with van der Waals surface area (Å²) in [6.45, 7) is 1.48. The number of hydrogen-bond acceptors (Lipinski definition) is 4. The van der Waals surface area contributed by atoms with E-state index in [1.54, 1.807) is 17.0 Å². The molecule has 5 heteroatoms. The Hall–Kier alpha value is -2.37. The van der Waals surface area contributed by atoms with E-state index >= 15 is 0 Å². The second-order valence-electron chi connectivity index (χ2n) is 5.92. The quantitative estimate of drug-likeness (QED) is 0.793. The maximum Gasteiger partial charge on any atom is 0.266 e. The van der Waals surface area contributed by atoms with Crippen molar-refractivity contribution in [3.63, 3.8) is 0 Å². The van der Waals surface area contributed by atoms with Gasteiger partial charge in [0.1, 0.15) is 17.9 Å². The number of nitrogens with zero attached hydrogens (tertiary/aromatic N) is 1. The summed E-state index contributed by atoms with van der Waals surface area (Å²) < 4.78 is 5.75. The van der Waals surface area contributed by atoms with Crippen LogP contribution >= 0.6 is 0 Å². The molecule has 126 valence electrons. The largest absolute Gasteiger partial charge is 0.478 e. The normalized spacial score (nSPS) is 22.6. The summed E-state index contributed by atoms with van der Waals surface area (Å²) in [5.74, 6) is 0.380. The molecule has 1 heterocycles. The first kappa shape index (κ1) is 16.5. The monoisotopic (exact) mass is 327 g/mol. The number of carbonyl (C=O) groups excluding carboxylic acids is 1. The highest BCUT2D eigenvalue weighted by atomic mass is 16.5. The number of ether oxygens (including phenoxy) is 1. The summed E-state index contributed by atoms with van der Waals surface area (Å²) in [5.41, 5.74) is 0.971. The van der Waals surface area contributed by atoms with Gasteiger partial charge in [-0.1, -0.05) is 48.5 Å². The van der Waals surface area contributed by atoms with E-state index in [2.05, 4.69) is 0 Å². The van der Waals surface area contributed by atoms with Gasteiger partial charge in [0.05, 0.1) is 12.6 Å². The molecule has 1 fully saturated rings. The number of benzene rings is 2. The van der Waals surface area contributed by atoms with E-state index in [1.165, 1.54) is 0 Å². The average molecular weight is 327 g/mol. The van der Waals surface area contributed by atoms with Gasteiger partial charge in [-0.3, -0.25) is 4.79 Å². The number of amides is 1.